The topological polar surface area (TPSA) is 86.8 Å². The number of rotatable bonds is 12. The third kappa shape index (κ3) is 7.66. The van der Waals surface area contributed by atoms with E-state index in [0.29, 0.717) is 6.42 Å². The lowest BCUT2D eigenvalue weighted by atomic mass is 10.1. The van der Waals surface area contributed by atoms with E-state index in [2.05, 4.69) is 5.32 Å². The normalized spacial score (nSPS) is 12.8. The Morgan fingerprint density at radius 3 is 2.08 bits per heavy atom. The number of carbonyl (C=O) groups excluding carboxylic acids is 2. The Hall–Kier alpha value is -3.72. The van der Waals surface area contributed by atoms with E-state index in [0.717, 1.165) is 34.0 Å². The number of aryl methyl sites for hydroxylation is 1. The summed E-state index contributed by atoms with van der Waals surface area (Å²) in [5.41, 5.74) is 1.82. The van der Waals surface area contributed by atoms with Gasteiger partial charge >= 0.3 is 0 Å². The monoisotopic (exact) mass is 553 g/mol. The Labute approximate surface area is 230 Å². The molecule has 9 heteroatoms. The van der Waals surface area contributed by atoms with E-state index < -0.39 is 34.3 Å². The van der Waals surface area contributed by atoms with E-state index in [1.165, 1.54) is 29.2 Å². The number of sulfonamides is 1. The van der Waals surface area contributed by atoms with Gasteiger partial charge in [0.2, 0.25) is 11.8 Å². The lowest BCUT2D eigenvalue weighted by Crippen LogP contribution is -2.53. The molecular weight excluding hydrogens is 517 g/mol. The van der Waals surface area contributed by atoms with Gasteiger partial charge in [-0.05, 0) is 68.7 Å². The number of hydrogen-bond acceptors (Lipinski definition) is 4. The number of carbonyl (C=O) groups is 2. The van der Waals surface area contributed by atoms with Crippen molar-refractivity contribution < 1.29 is 22.4 Å². The van der Waals surface area contributed by atoms with Crippen LogP contribution in [0, 0.1) is 12.7 Å². The van der Waals surface area contributed by atoms with Gasteiger partial charge < -0.3 is 10.2 Å². The predicted octanol–water partition coefficient (Wildman–Crippen LogP) is 5.05. The van der Waals surface area contributed by atoms with E-state index in [4.69, 9.17) is 0 Å². The molecule has 3 rings (SSSR count). The molecule has 0 saturated heterocycles. The SMILES string of the molecule is CCC(C)NC(=O)C(CC)N(Cc1ccccc1)C(=O)CN(c1ccc(F)cc1)S(=O)(=O)c1ccc(C)cc1. The molecule has 2 unspecified atom stereocenters. The minimum absolute atomic E-state index is 0.00129. The van der Waals surface area contributed by atoms with Crippen molar-refractivity contribution in [2.24, 2.45) is 0 Å². The van der Waals surface area contributed by atoms with Gasteiger partial charge in [0.05, 0.1) is 10.6 Å². The number of nitrogens with zero attached hydrogens (tertiary/aromatic N) is 2. The van der Waals surface area contributed by atoms with Crippen molar-refractivity contribution in [1.82, 2.24) is 10.2 Å². The molecule has 0 aliphatic heterocycles. The van der Waals surface area contributed by atoms with Crippen molar-refractivity contribution >= 4 is 27.5 Å². The number of nitrogens with one attached hydrogen (secondary N) is 1. The van der Waals surface area contributed by atoms with E-state index in [1.54, 1.807) is 12.1 Å². The molecule has 208 valence electrons. The number of amides is 2. The molecule has 2 atom stereocenters. The molecule has 0 aliphatic carbocycles. The van der Waals surface area contributed by atoms with Crippen LogP contribution in [0.1, 0.15) is 44.7 Å². The Morgan fingerprint density at radius 2 is 1.51 bits per heavy atom. The van der Waals surface area contributed by atoms with E-state index in [-0.39, 0.29) is 29.1 Å². The molecule has 3 aromatic carbocycles. The summed E-state index contributed by atoms with van der Waals surface area (Å²) in [6.07, 6.45) is 1.06. The summed E-state index contributed by atoms with van der Waals surface area (Å²) in [4.78, 5) is 28.6. The number of halogens is 1. The molecule has 0 fully saturated rings. The molecule has 0 aromatic heterocycles. The van der Waals surface area contributed by atoms with Gasteiger partial charge in [-0.15, -0.1) is 0 Å². The average Bonchev–Trinajstić information content (AvgIpc) is 2.92. The lowest BCUT2D eigenvalue weighted by Gasteiger charge is -2.33. The Bertz CT molecular complexity index is 1350. The summed E-state index contributed by atoms with van der Waals surface area (Å²) < 4.78 is 42.3. The lowest BCUT2D eigenvalue weighted by molar-refractivity contribution is -0.140. The number of anilines is 1. The molecule has 7 nitrogen and oxygen atoms in total. The molecule has 2 amide bonds. The highest BCUT2D eigenvalue weighted by molar-refractivity contribution is 7.92. The first-order chi connectivity index (χ1) is 18.6. The van der Waals surface area contributed by atoms with Gasteiger partial charge in [-0.3, -0.25) is 13.9 Å². The Kier molecular flexibility index (Phi) is 10.2. The minimum atomic E-state index is -4.20. The predicted molar refractivity (Wildman–Crippen MR) is 151 cm³/mol. The van der Waals surface area contributed by atoms with Crippen LogP contribution in [0.25, 0.3) is 0 Å². The van der Waals surface area contributed by atoms with Crippen molar-refractivity contribution in [3.8, 4) is 0 Å². The van der Waals surface area contributed by atoms with E-state index in [1.807, 2.05) is 58.0 Å². The fourth-order valence-corrected chi connectivity index (χ4v) is 5.53. The quantitative estimate of drug-likeness (QED) is 0.340. The smallest absolute Gasteiger partial charge is 0.264 e. The highest BCUT2D eigenvalue weighted by atomic mass is 32.2. The molecule has 3 aromatic rings. The molecule has 39 heavy (non-hydrogen) atoms. The molecule has 0 saturated carbocycles. The standard InChI is InChI=1S/C30H36FN3O4S/c1-5-23(4)32-30(36)28(6-2)33(20-24-10-8-7-9-11-24)29(35)21-34(26-16-14-25(31)15-17-26)39(37,38)27-18-12-22(3)13-19-27/h7-19,23,28H,5-6,20-21H2,1-4H3,(H,32,36). The second kappa shape index (κ2) is 13.4. The van der Waals surface area contributed by atoms with Crippen molar-refractivity contribution in [1.29, 1.82) is 0 Å². The molecule has 0 spiro atoms. The first kappa shape index (κ1) is 29.8. The van der Waals surface area contributed by atoms with Gasteiger partial charge in [-0.25, -0.2) is 12.8 Å². The number of hydrogen-bond donors (Lipinski definition) is 1. The van der Waals surface area contributed by atoms with Gasteiger partial charge in [0.25, 0.3) is 10.0 Å². The van der Waals surface area contributed by atoms with Gasteiger partial charge in [0, 0.05) is 12.6 Å². The third-order valence-electron chi connectivity index (χ3n) is 6.59. The van der Waals surface area contributed by atoms with E-state index in [9.17, 15) is 22.4 Å². The molecular formula is C30H36FN3O4S. The summed E-state index contributed by atoms with van der Waals surface area (Å²) >= 11 is 0. The zero-order chi connectivity index (χ0) is 28.6. The highest BCUT2D eigenvalue weighted by Gasteiger charge is 2.34. The summed E-state index contributed by atoms with van der Waals surface area (Å²) in [5, 5.41) is 2.95. The van der Waals surface area contributed by atoms with Crippen molar-refractivity contribution in [2.75, 3.05) is 10.8 Å². The van der Waals surface area contributed by atoms with Crippen LogP contribution < -0.4 is 9.62 Å². The molecule has 0 radical (unpaired) electrons. The third-order valence-corrected chi connectivity index (χ3v) is 8.37. The van der Waals surface area contributed by atoms with Gasteiger partial charge in [-0.1, -0.05) is 61.9 Å². The van der Waals surface area contributed by atoms with Gasteiger partial charge in [-0.2, -0.15) is 0 Å². The fourth-order valence-electron chi connectivity index (χ4n) is 4.11. The van der Waals surface area contributed by atoms with Crippen LogP contribution in [-0.2, 0) is 26.2 Å². The maximum atomic E-state index is 14.0. The summed E-state index contributed by atoms with van der Waals surface area (Å²) in [6, 6.07) is 19.6. The maximum absolute atomic E-state index is 14.0. The van der Waals surface area contributed by atoms with Crippen LogP contribution in [0.3, 0.4) is 0 Å². The number of benzene rings is 3. The second-order valence-corrected chi connectivity index (χ2v) is 11.4. The largest absolute Gasteiger partial charge is 0.352 e. The van der Waals surface area contributed by atoms with Gasteiger partial charge in [0.15, 0.2) is 0 Å². The first-order valence-electron chi connectivity index (χ1n) is 13.1. The van der Waals surface area contributed by atoms with Crippen LogP contribution in [0.5, 0.6) is 0 Å². The zero-order valence-corrected chi connectivity index (χ0v) is 23.6. The van der Waals surface area contributed by atoms with Crippen LogP contribution in [-0.4, -0.2) is 43.8 Å². The minimum Gasteiger partial charge on any atom is -0.352 e. The molecule has 1 N–H and O–H groups in total. The summed E-state index contributed by atoms with van der Waals surface area (Å²) in [6.45, 7) is 7.05. The summed E-state index contributed by atoms with van der Waals surface area (Å²) in [5.74, 6) is -1.38. The van der Waals surface area contributed by atoms with Crippen LogP contribution >= 0.6 is 0 Å². The summed E-state index contributed by atoms with van der Waals surface area (Å²) in [7, 11) is -4.20. The van der Waals surface area contributed by atoms with Crippen LogP contribution in [0.2, 0.25) is 0 Å². The Morgan fingerprint density at radius 1 is 0.897 bits per heavy atom. The van der Waals surface area contributed by atoms with Crippen molar-refractivity contribution in [2.45, 2.75) is 64.1 Å². The van der Waals surface area contributed by atoms with Crippen LogP contribution in [0.4, 0.5) is 10.1 Å². The second-order valence-electron chi connectivity index (χ2n) is 9.55. The molecule has 0 bridgehead atoms. The fraction of sp³-hybridized carbons (Fsp3) is 0.333. The highest BCUT2D eigenvalue weighted by Crippen LogP contribution is 2.25. The maximum Gasteiger partial charge on any atom is 0.264 e. The van der Waals surface area contributed by atoms with Crippen LogP contribution in [0.15, 0.2) is 83.8 Å². The molecule has 0 aliphatic rings. The first-order valence-corrected chi connectivity index (χ1v) is 14.5. The van der Waals surface area contributed by atoms with Gasteiger partial charge in [0.1, 0.15) is 18.4 Å². The van der Waals surface area contributed by atoms with Crippen molar-refractivity contribution in [3.05, 3.63) is 95.8 Å². The van der Waals surface area contributed by atoms with Crippen molar-refractivity contribution in [3.63, 3.8) is 0 Å². The zero-order valence-electron chi connectivity index (χ0n) is 22.8. The Balaban J connectivity index is 2.04. The van der Waals surface area contributed by atoms with E-state index >= 15 is 0 Å². The molecule has 0 heterocycles. The average molecular weight is 554 g/mol.